The Kier molecular flexibility index (Phi) is 7.38. The van der Waals surface area contributed by atoms with Gasteiger partial charge < -0.3 is 15.1 Å². The zero-order valence-electron chi connectivity index (χ0n) is 20.8. The van der Waals surface area contributed by atoms with Gasteiger partial charge >= 0.3 is 12.0 Å². The summed E-state index contributed by atoms with van der Waals surface area (Å²) in [6, 6.07) is 6.79. The van der Waals surface area contributed by atoms with E-state index in [-0.39, 0.29) is 22.2 Å². The molecule has 38 heavy (non-hydrogen) atoms. The minimum atomic E-state index is -0.536. The molecule has 1 aromatic carbocycles. The van der Waals surface area contributed by atoms with E-state index in [4.69, 9.17) is 4.84 Å². The molecule has 0 saturated carbocycles. The Morgan fingerprint density at radius 1 is 1.11 bits per heavy atom. The molecule has 4 heterocycles. The molecule has 2 amide bonds. The highest BCUT2D eigenvalue weighted by Gasteiger charge is 2.23. The molecule has 1 saturated heterocycles. The summed E-state index contributed by atoms with van der Waals surface area (Å²) in [6.45, 7) is 5.84. The number of fused-ring (bicyclic) bond motifs is 1. The Morgan fingerprint density at radius 2 is 1.87 bits per heavy atom. The first kappa shape index (κ1) is 25.4. The second kappa shape index (κ2) is 11.0. The number of pyridine rings is 1. The molecule has 11 nitrogen and oxygen atoms in total. The fourth-order valence-electron chi connectivity index (χ4n) is 4.11. The van der Waals surface area contributed by atoms with Gasteiger partial charge in [0.1, 0.15) is 5.52 Å². The van der Waals surface area contributed by atoms with Crippen LogP contribution in [0.1, 0.15) is 13.8 Å². The lowest BCUT2D eigenvalue weighted by atomic mass is 10.0. The number of halogens is 1. The van der Waals surface area contributed by atoms with Crippen molar-refractivity contribution in [2.45, 2.75) is 13.8 Å². The van der Waals surface area contributed by atoms with E-state index in [1.54, 1.807) is 42.7 Å². The van der Waals surface area contributed by atoms with Crippen molar-refractivity contribution in [3.8, 4) is 22.4 Å². The average molecular weight is 537 g/mol. The van der Waals surface area contributed by atoms with Crippen LogP contribution in [-0.4, -0.2) is 69.7 Å². The van der Waals surface area contributed by atoms with Gasteiger partial charge in [-0.05, 0) is 25.1 Å². The highest BCUT2D eigenvalue weighted by atomic mass is 32.1. The summed E-state index contributed by atoms with van der Waals surface area (Å²) < 4.78 is 16.4. The van der Waals surface area contributed by atoms with Gasteiger partial charge in [-0.25, -0.2) is 24.1 Å². The van der Waals surface area contributed by atoms with Crippen molar-refractivity contribution >= 4 is 44.6 Å². The molecule has 3 aromatic heterocycles. The largest absolute Gasteiger partial charge is 0.368 e. The monoisotopic (exact) mass is 536 g/mol. The van der Waals surface area contributed by atoms with Crippen molar-refractivity contribution in [3.05, 3.63) is 48.7 Å². The van der Waals surface area contributed by atoms with E-state index >= 15 is 4.39 Å². The van der Waals surface area contributed by atoms with Gasteiger partial charge in [-0.3, -0.25) is 15.1 Å². The van der Waals surface area contributed by atoms with Crippen molar-refractivity contribution < 1.29 is 18.8 Å². The molecule has 1 aliphatic heterocycles. The summed E-state index contributed by atoms with van der Waals surface area (Å²) in [5.41, 5.74) is 2.22. The number of hydrogen-bond acceptors (Lipinski definition) is 10. The fourth-order valence-corrected chi connectivity index (χ4v) is 5.09. The van der Waals surface area contributed by atoms with Gasteiger partial charge in [0.2, 0.25) is 5.95 Å². The van der Waals surface area contributed by atoms with E-state index in [1.165, 1.54) is 18.3 Å². The summed E-state index contributed by atoms with van der Waals surface area (Å²) in [6.07, 6.45) is 4.82. The maximum Gasteiger partial charge on any atom is 0.322 e. The number of anilines is 2. The molecule has 1 aliphatic rings. The van der Waals surface area contributed by atoms with Gasteiger partial charge in [0.05, 0.1) is 23.5 Å². The van der Waals surface area contributed by atoms with Crippen molar-refractivity contribution in [2.24, 2.45) is 0 Å². The normalized spacial score (nSPS) is 13.9. The molecule has 0 bridgehead atoms. The molecule has 0 unspecified atom stereocenters. The summed E-state index contributed by atoms with van der Waals surface area (Å²) in [5, 5.41) is 7.20. The predicted molar refractivity (Wildman–Crippen MR) is 142 cm³/mol. The molecule has 0 spiro atoms. The van der Waals surface area contributed by atoms with Gasteiger partial charge in [0.15, 0.2) is 10.9 Å². The average Bonchev–Trinajstić information content (AvgIpc) is 3.34. The lowest BCUT2D eigenvalue weighted by Gasteiger charge is -2.33. The summed E-state index contributed by atoms with van der Waals surface area (Å²) in [4.78, 5) is 48.1. The van der Waals surface area contributed by atoms with Gasteiger partial charge in [0, 0.05) is 61.8 Å². The number of carbonyl (C=O) groups is 2. The topological polar surface area (TPSA) is 125 Å². The highest BCUT2D eigenvalue weighted by Crippen LogP contribution is 2.40. The number of rotatable bonds is 6. The minimum Gasteiger partial charge on any atom is -0.368 e. The third kappa shape index (κ3) is 5.38. The highest BCUT2D eigenvalue weighted by molar-refractivity contribution is 7.22. The lowest BCUT2D eigenvalue weighted by molar-refractivity contribution is -0.188. The van der Waals surface area contributed by atoms with Crippen LogP contribution >= 0.6 is 11.3 Å². The van der Waals surface area contributed by atoms with E-state index in [9.17, 15) is 9.59 Å². The number of aromatic nitrogens is 4. The standard InChI is InChI=1S/C25H25FN8O3S/c1-3-27-24(36)32-25-31-21-20(26)17(12-18(22(21)38-25)19-6-4-5-7-28-19)16-13-29-23(30-14-16)33-8-10-34(11-9-33)37-15(2)35/h4-7,12-14H,3,8-11H2,1-2H3,(H2,27,31,32,36). The zero-order valence-corrected chi connectivity index (χ0v) is 21.6. The number of piperazine rings is 1. The fraction of sp³-hybridized carbons (Fsp3) is 0.280. The first-order valence-corrected chi connectivity index (χ1v) is 12.8. The van der Waals surface area contributed by atoms with Crippen LogP contribution in [0.3, 0.4) is 0 Å². The maximum absolute atomic E-state index is 15.8. The maximum atomic E-state index is 15.8. The summed E-state index contributed by atoms with van der Waals surface area (Å²) in [7, 11) is 0. The predicted octanol–water partition coefficient (Wildman–Crippen LogP) is 3.70. The molecule has 0 radical (unpaired) electrons. The van der Waals surface area contributed by atoms with E-state index in [0.29, 0.717) is 60.2 Å². The number of nitrogens with zero attached hydrogens (tertiary/aromatic N) is 6. The number of hydrogen-bond donors (Lipinski definition) is 2. The Hall–Kier alpha value is -4.23. The van der Waals surface area contributed by atoms with E-state index in [2.05, 4.69) is 30.6 Å². The number of hydroxylamine groups is 2. The van der Waals surface area contributed by atoms with Gasteiger partial charge in [0.25, 0.3) is 0 Å². The van der Waals surface area contributed by atoms with Gasteiger partial charge in [-0.1, -0.05) is 17.4 Å². The van der Waals surface area contributed by atoms with Crippen LogP contribution in [0.15, 0.2) is 42.9 Å². The molecule has 1 fully saturated rings. The van der Waals surface area contributed by atoms with Crippen LogP contribution in [0, 0.1) is 5.82 Å². The van der Waals surface area contributed by atoms with Crippen molar-refractivity contribution in [3.63, 3.8) is 0 Å². The molecular weight excluding hydrogens is 511 g/mol. The molecular formula is C25H25FN8O3S. The van der Waals surface area contributed by atoms with Gasteiger partial charge in [-0.15, -0.1) is 5.06 Å². The third-order valence-corrected chi connectivity index (χ3v) is 6.84. The van der Waals surface area contributed by atoms with Crippen LogP contribution in [0.4, 0.5) is 20.3 Å². The minimum absolute atomic E-state index is 0.130. The number of nitrogens with one attached hydrogen (secondary N) is 2. The molecule has 5 rings (SSSR count). The van der Waals surface area contributed by atoms with E-state index in [1.807, 2.05) is 17.0 Å². The number of carbonyl (C=O) groups excluding carboxylic acids is 2. The summed E-state index contributed by atoms with van der Waals surface area (Å²) >= 11 is 1.18. The Labute approximate surface area is 221 Å². The van der Waals surface area contributed by atoms with Crippen molar-refractivity contribution in [1.29, 1.82) is 0 Å². The van der Waals surface area contributed by atoms with Crippen LogP contribution in [0.5, 0.6) is 0 Å². The van der Waals surface area contributed by atoms with Crippen molar-refractivity contribution in [2.75, 3.05) is 42.9 Å². The molecule has 0 atom stereocenters. The first-order valence-electron chi connectivity index (χ1n) is 12.0. The van der Waals surface area contributed by atoms with Crippen LogP contribution in [-0.2, 0) is 9.63 Å². The molecule has 13 heteroatoms. The summed E-state index contributed by atoms with van der Waals surface area (Å²) in [5.74, 6) is -0.383. The van der Waals surface area contributed by atoms with Crippen LogP contribution in [0.2, 0.25) is 0 Å². The number of urea groups is 1. The first-order chi connectivity index (χ1) is 18.4. The molecule has 0 aliphatic carbocycles. The van der Waals surface area contributed by atoms with E-state index < -0.39 is 11.8 Å². The Bertz CT molecular complexity index is 1460. The Balaban J connectivity index is 1.47. The second-order valence-corrected chi connectivity index (χ2v) is 9.45. The van der Waals surface area contributed by atoms with Crippen molar-refractivity contribution in [1.82, 2.24) is 30.3 Å². The quantitative estimate of drug-likeness (QED) is 0.379. The number of thiazole rings is 1. The van der Waals surface area contributed by atoms with Gasteiger partial charge in [-0.2, -0.15) is 0 Å². The number of benzene rings is 1. The second-order valence-electron chi connectivity index (χ2n) is 8.45. The smallest absolute Gasteiger partial charge is 0.322 e. The molecule has 196 valence electrons. The van der Waals surface area contributed by atoms with Crippen LogP contribution in [0.25, 0.3) is 32.6 Å². The van der Waals surface area contributed by atoms with E-state index in [0.717, 1.165) is 0 Å². The zero-order chi connectivity index (χ0) is 26.6. The SMILES string of the molecule is CCNC(=O)Nc1nc2c(F)c(-c3cnc(N4CCN(OC(C)=O)CC4)nc3)cc(-c3ccccn3)c2s1. The van der Waals surface area contributed by atoms with Crippen LogP contribution < -0.4 is 15.5 Å². The Morgan fingerprint density at radius 3 is 2.53 bits per heavy atom. The molecule has 4 aromatic rings. The molecule has 2 N–H and O–H groups in total. The lowest BCUT2D eigenvalue weighted by Crippen LogP contribution is -2.47. The third-order valence-electron chi connectivity index (χ3n) is 5.83. The number of amides is 2.